The van der Waals surface area contributed by atoms with Crippen molar-refractivity contribution < 1.29 is 24.2 Å². The van der Waals surface area contributed by atoms with Crippen molar-refractivity contribution >= 4 is 40.1 Å². The Labute approximate surface area is 274 Å². The molecule has 2 amide bonds. The summed E-state index contributed by atoms with van der Waals surface area (Å²) in [5.41, 5.74) is 1.99. The molecule has 1 N–H and O–H groups in total. The van der Waals surface area contributed by atoms with E-state index in [1.807, 2.05) is 60.7 Å². The highest BCUT2D eigenvalue weighted by atomic mass is 127. The summed E-state index contributed by atoms with van der Waals surface area (Å²) in [4.78, 5) is 32.0. The summed E-state index contributed by atoms with van der Waals surface area (Å²) in [5.74, 6) is 0.0503. The number of methoxy groups -OCH3 is 1. The van der Waals surface area contributed by atoms with Gasteiger partial charge in [-0.2, -0.15) is 0 Å². The van der Waals surface area contributed by atoms with Crippen molar-refractivity contribution in [3.8, 4) is 5.75 Å². The summed E-state index contributed by atoms with van der Waals surface area (Å²) in [5, 5.41) is 9.86. The van der Waals surface area contributed by atoms with Crippen LogP contribution in [0.1, 0.15) is 43.9 Å². The number of carbonyl (C=O) groups excluding carboxylic acids is 2. The van der Waals surface area contributed by atoms with Gasteiger partial charge < -0.3 is 24.4 Å². The van der Waals surface area contributed by atoms with Crippen molar-refractivity contribution in [1.29, 1.82) is 0 Å². The third-order valence-electron chi connectivity index (χ3n) is 9.42. The second-order valence-electron chi connectivity index (χ2n) is 12.3. The minimum absolute atomic E-state index is 0.0805. The molecule has 8 heteroatoms. The number of hydrogen-bond donors (Lipinski definition) is 1. The van der Waals surface area contributed by atoms with Crippen molar-refractivity contribution in [2.24, 2.45) is 11.8 Å². The Morgan fingerprint density at radius 3 is 2.50 bits per heavy atom. The highest BCUT2D eigenvalue weighted by molar-refractivity contribution is 14.1. The van der Waals surface area contributed by atoms with Gasteiger partial charge in [0.1, 0.15) is 5.75 Å². The van der Waals surface area contributed by atoms with Gasteiger partial charge in [-0.15, -0.1) is 6.58 Å². The SMILES string of the molecule is C=CCN1C(=O)[C@]2(O[C@H](CC(=O)N(CCO)Cc3ccccc3)[C@@H](C(C)(C)c3ccc(OC)cc3)[C@@H]2C)c2cc(I)ccc21. The molecule has 0 saturated carbocycles. The van der Waals surface area contributed by atoms with Crippen LogP contribution in [0.2, 0.25) is 0 Å². The number of hydrogen-bond acceptors (Lipinski definition) is 5. The summed E-state index contributed by atoms with van der Waals surface area (Å²) in [6.07, 6.45) is 1.25. The fourth-order valence-electron chi connectivity index (χ4n) is 7.31. The maximum Gasteiger partial charge on any atom is 0.264 e. The van der Waals surface area contributed by atoms with Crippen LogP contribution >= 0.6 is 22.6 Å². The van der Waals surface area contributed by atoms with Gasteiger partial charge in [0.25, 0.3) is 5.91 Å². The van der Waals surface area contributed by atoms with Crippen LogP contribution in [0.5, 0.6) is 5.75 Å². The molecule has 5 rings (SSSR count). The summed E-state index contributed by atoms with van der Waals surface area (Å²) in [6.45, 7) is 11.1. The Bertz CT molecular complexity index is 1510. The molecule has 3 aromatic rings. The molecule has 1 fully saturated rings. The molecule has 2 aliphatic heterocycles. The molecule has 4 atom stereocenters. The smallest absolute Gasteiger partial charge is 0.264 e. The number of aliphatic hydroxyl groups is 1. The van der Waals surface area contributed by atoms with Gasteiger partial charge in [0.15, 0.2) is 5.60 Å². The van der Waals surface area contributed by atoms with Gasteiger partial charge in [-0.05, 0) is 69.5 Å². The first kappa shape index (κ1) is 32.2. The minimum atomic E-state index is -1.25. The highest BCUT2D eigenvalue weighted by Gasteiger charge is 2.66. The summed E-state index contributed by atoms with van der Waals surface area (Å²) >= 11 is 2.27. The van der Waals surface area contributed by atoms with Crippen LogP contribution < -0.4 is 9.64 Å². The highest BCUT2D eigenvalue weighted by Crippen LogP contribution is 2.59. The van der Waals surface area contributed by atoms with E-state index in [0.29, 0.717) is 13.1 Å². The Morgan fingerprint density at radius 2 is 1.86 bits per heavy atom. The zero-order valence-electron chi connectivity index (χ0n) is 25.8. The van der Waals surface area contributed by atoms with Crippen LogP contribution in [0.3, 0.4) is 0 Å². The van der Waals surface area contributed by atoms with E-state index >= 15 is 0 Å². The van der Waals surface area contributed by atoms with E-state index in [-0.39, 0.29) is 43.2 Å². The second kappa shape index (κ2) is 13.0. The topological polar surface area (TPSA) is 79.3 Å². The van der Waals surface area contributed by atoms with Crippen molar-refractivity contribution in [1.82, 2.24) is 4.90 Å². The third kappa shape index (κ3) is 5.68. The maximum absolute atomic E-state index is 14.5. The van der Waals surface area contributed by atoms with E-state index in [4.69, 9.17) is 9.47 Å². The van der Waals surface area contributed by atoms with Crippen LogP contribution in [0.4, 0.5) is 5.69 Å². The average molecular weight is 709 g/mol. The first-order valence-electron chi connectivity index (χ1n) is 15.1. The predicted octanol–water partition coefficient (Wildman–Crippen LogP) is 6.07. The molecule has 0 radical (unpaired) electrons. The van der Waals surface area contributed by atoms with Crippen LogP contribution in [0.25, 0.3) is 0 Å². The van der Waals surface area contributed by atoms with Crippen molar-refractivity contribution in [3.63, 3.8) is 0 Å². The Morgan fingerprint density at radius 1 is 1.16 bits per heavy atom. The zero-order valence-corrected chi connectivity index (χ0v) is 28.0. The fourth-order valence-corrected chi connectivity index (χ4v) is 7.80. The molecule has 0 unspecified atom stereocenters. The standard InChI is InChI=1S/C36H41IN2O5/c1-6-18-39-30-17-14-27(37)21-29(30)36(34(39)42)24(2)33(35(3,4)26-12-15-28(43-5)16-13-26)31(44-36)22-32(41)38(19-20-40)23-25-10-8-7-9-11-25/h6-17,21,24,31,33,40H,1,18-20,22-23H2,2-5H3/t24-,31+,33-,36+/m0/s1. The second-order valence-corrected chi connectivity index (χ2v) is 13.5. The van der Waals surface area contributed by atoms with E-state index in [1.54, 1.807) is 23.0 Å². The monoisotopic (exact) mass is 708 g/mol. The summed E-state index contributed by atoms with van der Waals surface area (Å²) in [7, 11) is 1.64. The summed E-state index contributed by atoms with van der Waals surface area (Å²) in [6, 6.07) is 23.8. The van der Waals surface area contributed by atoms with E-state index < -0.39 is 17.1 Å². The van der Waals surface area contributed by atoms with Crippen molar-refractivity contribution in [2.45, 2.75) is 50.9 Å². The predicted molar refractivity (Wildman–Crippen MR) is 180 cm³/mol. The fraction of sp³-hybridized carbons (Fsp3) is 0.389. The lowest BCUT2D eigenvalue weighted by molar-refractivity contribution is -0.150. The number of amides is 2. The van der Waals surface area contributed by atoms with Crippen LogP contribution in [0.15, 0.2) is 85.5 Å². The van der Waals surface area contributed by atoms with Gasteiger partial charge in [0.05, 0.1) is 31.9 Å². The number of aliphatic hydroxyl groups excluding tert-OH is 1. The quantitative estimate of drug-likeness (QED) is 0.194. The van der Waals surface area contributed by atoms with Crippen LogP contribution in [0, 0.1) is 15.4 Å². The van der Waals surface area contributed by atoms with Gasteiger partial charge in [0, 0.05) is 40.6 Å². The zero-order chi connectivity index (χ0) is 31.6. The molecule has 0 aliphatic carbocycles. The van der Waals surface area contributed by atoms with Crippen molar-refractivity contribution in [2.75, 3.05) is 31.7 Å². The third-order valence-corrected chi connectivity index (χ3v) is 10.1. The molecule has 1 spiro atoms. The number of ether oxygens (including phenoxy) is 2. The van der Waals surface area contributed by atoms with Crippen molar-refractivity contribution in [3.05, 3.63) is 106 Å². The molecular formula is C36H41IN2O5. The number of rotatable bonds is 11. The Kier molecular flexibility index (Phi) is 9.53. The van der Waals surface area contributed by atoms with Gasteiger partial charge in [0.2, 0.25) is 5.91 Å². The van der Waals surface area contributed by atoms with Crippen LogP contribution in [-0.2, 0) is 31.9 Å². The lowest BCUT2D eigenvalue weighted by atomic mass is 9.63. The number of halogens is 1. The van der Waals surface area contributed by atoms with E-state index in [0.717, 1.165) is 31.7 Å². The minimum Gasteiger partial charge on any atom is -0.497 e. The maximum atomic E-state index is 14.5. The largest absolute Gasteiger partial charge is 0.497 e. The number of nitrogens with zero attached hydrogens (tertiary/aromatic N) is 2. The van der Waals surface area contributed by atoms with E-state index in [1.165, 1.54) is 0 Å². The van der Waals surface area contributed by atoms with Gasteiger partial charge in [-0.25, -0.2) is 0 Å². The molecule has 2 heterocycles. The molecule has 44 heavy (non-hydrogen) atoms. The van der Waals surface area contributed by atoms with Gasteiger partial charge in [-0.1, -0.05) is 69.3 Å². The molecular weight excluding hydrogens is 667 g/mol. The first-order valence-corrected chi connectivity index (χ1v) is 16.1. The molecule has 1 saturated heterocycles. The lowest BCUT2D eigenvalue weighted by Gasteiger charge is -2.39. The van der Waals surface area contributed by atoms with Gasteiger partial charge >= 0.3 is 0 Å². The molecule has 3 aromatic carbocycles. The van der Waals surface area contributed by atoms with E-state index in [9.17, 15) is 14.7 Å². The molecule has 7 nitrogen and oxygen atoms in total. The molecule has 232 valence electrons. The molecule has 0 aromatic heterocycles. The molecule has 0 bridgehead atoms. The van der Waals surface area contributed by atoms with E-state index in [2.05, 4.69) is 62.1 Å². The Balaban J connectivity index is 1.58. The van der Waals surface area contributed by atoms with Gasteiger partial charge in [-0.3, -0.25) is 9.59 Å². The first-order chi connectivity index (χ1) is 21.1. The number of carbonyl (C=O) groups is 2. The lowest BCUT2D eigenvalue weighted by Crippen LogP contribution is -2.46. The normalized spacial score (nSPS) is 22.7. The molecule has 2 aliphatic rings. The number of benzene rings is 3. The summed E-state index contributed by atoms with van der Waals surface area (Å²) < 4.78 is 13.5. The number of anilines is 1. The average Bonchev–Trinajstić information content (AvgIpc) is 3.44. The number of fused-ring (bicyclic) bond motifs is 2. The Hall–Kier alpha value is -3.21. The van der Waals surface area contributed by atoms with Crippen LogP contribution in [-0.4, -0.2) is 54.7 Å².